The van der Waals surface area contributed by atoms with Crippen molar-refractivity contribution in [2.75, 3.05) is 44.7 Å². The van der Waals surface area contributed by atoms with Crippen LogP contribution >= 0.6 is 11.8 Å². The van der Waals surface area contributed by atoms with Crippen molar-refractivity contribution in [3.8, 4) is 0 Å². The molecule has 0 aromatic heterocycles. The number of allylic oxidation sites excluding steroid dienone is 1. The van der Waals surface area contributed by atoms with Gasteiger partial charge in [-0.05, 0) is 43.3 Å². The summed E-state index contributed by atoms with van der Waals surface area (Å²) in [6.07, 6.45) is -7.71. The molecule has 2 N–H and O–H groups in total. The van der Waals surface area contributed by atoms with Gasteiger partial charge in [-0.3, -0.25) is 4.79 Å². The zero-order valence-corrected chi connectivity index (χ0v) is 20.4. The van der Waals surface area contributed by atoms with Crippen LogP contribution in [0.25, 0.3) is 0 Å². The molecule has 2 aliphatic rings. The molecule has 4 rings (SSSR count). The van der Waals surface area contributed by atoms with E-state index in [4.69, 9.17) is 4.74 Å². The molecule has 2 fully saturated rings. The van der Waals surface area contributed by atoms with Gasteiger partial charge in [-0.15, -0.1) is 0 Å². The number of carbonyl (C=O) groups excluding carboxylic acids is 1. The van der Waals surface area contributed by atoms with Crippen molar-refractivity contribution in [3.63, 3.8) is 0 Å². The summed E-state index contributed by atoms with van der Waals surface area (Å²) in [6, 6.07) is 8.40. The van der Waals surface area contributed by atoms with Crippen LogP contribution < -0.4 is 10.6 Å². The molecule has 0 saturated carbocycles. The molecular weight excluding hydrogens is 520 g/mol. The van der Waals surface area contributed by atoms with Gasteiger partial charge in [-0.2, -0.15) is 26.3 Å². The van der Waals surface area contributed by atoms with Crippen molar-refractivity contribution >= 4 is 23.2 Å². The number of rotatable bonds is 7. The second-order valence-electron chi connectivity index (χ2n) is 8.65. The number of alkyl halides is 6. The first-order valence-corrected chi connectivity index (χ1v) is 12.4. The van der Waals surface area contributed by atoms with Gasteiger partial charge in [0.1, 0.15) is 0 Å². The van der Waals surface area contributed by atoms with E-state index in [9.17, 15) is 31.1 Å². The molecule has 0 aliphatic carbocycles. The van der Waals surface area contributed by atoms with Crippen molar-refractivity contribution in [2.45, 2.75) is 34.6 Å². The van der Waals surface area contributed by atoms with E-state index in [1.165, 1.54) is 12.3 Å². The Hall–Kier alpha value is -2.70. The van der Waals surface area contributed by atoms with E-state index in [0.29, 0.717) is 48.6 Å². The van der Waals surface area contributed by atoms with Gasteiger partial charge in [0.25, 0.3) is 0 Å². The van der Waals surface area contributed by atoms with Gasteiger partial charge in [-0.25, -0.2) is 0 Å². The normalized spacial score (nSPS) is 19.0. The van der Waals surface area contributed by atoms with Crippen LogP contribution in [0.1, 0.15) is 27.9 Å². The molecular formula is C25H25F6N3O2S. The quantitative estimate of drug-likeness (QED) is 0.266. The standard InChI is InChI=1S/C25H25F6N3O2S/c26-24(27,28)22-19(20(35)7-9-34-10-12-36-13-11-34)4-5-21(23(22)25(29,30)31)37-18-3-1-2-16(14-18)33-17-6-8-32-15-17/h1-5,7,9,14,17,32-33H,6,8,10-13,15H2. The Morgan fingerprint density at radius 1 is 1.05 bits per heavy atom. The van der Waals surface area contributed by atoms with Crippen LogP contribution in [0, 0.1) is 0 Å². The SMILES string of the molecule is O=C(C=CN1CCOCC1)c1ccc(Sc2cccc(NC3CCNC3)c2)c(C(F)(F)F)c1C(F)(F)F. The Balaban J connectivity index is 1.68. The predicted octanol–water partition coefficient (Wildman–Crippen LogP) is 5.68. The maximum Gasteiger partial charge on any atom is 0.418 e. The maximum absolute atomic E-state index is 14.1. The van der Waals surface area contributed by atoms with E-state index in [-0.39, 0.29) is 6.04 Å². The van der Waals surface area contributed by atoms with Gasteiger partial charge in [0, 0.05) is 59.0 Å². The molecule has 0 bridgehead atoms. The Morgan fingerprint density at radius 3 is 2.43 bits per heavy atom. The monoisotopic (exact) mass is 545 g/mol. The zero-order chi connectivity index (χ0) is 26.6. The van der Waals surface area contributed by atoms with Crippen molar-refractivity contribution in [1.82, 2.24) is 10.2 Å². The van der Waals surface area contributed by atoms with Crippen molar-refractivity contribution in [2.24, 2.45) is 0 Å². The second-order valence-corrected chi connectivity index (χ2v) is 9.76. The lowest BCUT2D eigenvalue weighted by atomic mass is 9.96. The molecule has 5 nitrogen and oxygen atoms in total. The first kappa shape index (κ1) is 27.3. The van der Waals surface area contributed by atoms with Gasteiger partial charge in [0.05, 0.1) is 24.3 Å². The minimum atomic E-state index is -5.40. The highest BCUT2D eigenvalue weighted by Crippen LogP contribution is 2.48. The highest BCUT2D eigenvalue weighted by Gasteiger charge is 2.47. The van der Waals surface area contributed by atoms with Crippen molar-refractivity contribution in [3.05, 3.63) is 65.4 Å². The molecule has 1 atom stereocenters. The van der Waals surface area contributed by atoms with Crippen molar-refractivity contribution < 1.29 is 35.9 Å². The number of hydrogen-bond acceptors (Lipinski definition) is 6. The lowest BCUT2D eigenvalue weighted by Crippen LogP contribution is -2.32. The van der Waals surface area contributed by atoms with Crippen LogP contribution in [0.5, 0.6) is 0 Å². The van der Waals surface area contributed by atoms with Gasteiger partial charge >= 0.3 is 12.4 Å². The predicted molar refractivity (Wildman–Crippen MR) is 128 cm³/mol. The summed E-state index contributed by atoms with van der Waals surface area (Å²) in [5.74, 6) is -1.16. The van der Waals surface area contributed by atoms with E-state index < -0.39 is 39.7 Å². The Labute approximate surface area is 214 Å². The number of morpholine rings is 1. The first-order chi connectivity index (χ1) is 17.5. The van der Waals surface area contributed by atoms with Crippen LogP contribution in [-0.4, -0.2) is 56.1 Å². The van der Waals surface area contributed by atoms with Crippen LogP contribution in [0.2, 0.25) is 0 Å². The first-order valence-electron chi connectivity index (χ1n) is 11.6. The Bertz CT molecular complexity index is 1140. The summed E-state index contributed by atoms with van der Waals surface area (Å²) in [5.41, 5.74) is -4.23. The average molecular weight is 546 g/mol. The van der Waals surface area contributed by atoms with Crippen LogP contribution in [0.15, 0.2) is 58.5 Å². The number of nitrogens with zero attached hydrogens (tertiary/aromatic N) is 1. The van der Waals surface area contributed by atoms with Gasteiger partial charge < -0.3 is 20.3 Å². The van der Waals surface area contributed by atoms with E-state index in [2.05, 4.69) is 10.6 Å². The third-order valence-electron chi connectivity index (χ3n) is 5.97. The fourth-order valence-corrected chi connectivity index (χ4v) is 5.27. The smallest absolute Gasteiger partial charge is 0.381 e. The molecule has 2 saturated heterocycles. The summed E-state index contributed by atoms with van der Waals surface area (Å²) in [6.45, 7) is 3.18. The molecule has 0 radical (unpaired) electrons. The minimum absolute atomic E-state index is 0.152. The number of carbonyl (C=O) groups is 1. The number of anilines is 1. The third kappa shape index (κ3) is 6.99. The number of ether oxygens (including phenoxy) is 1. The lowest BCUT2D eigenvalue weighted by molar-refractivity contribution is -0.163. The molecule has 0 amide bonds. The summed E-state index contributed by atoms with van der Waals surface area (Å²) >= 11 is 0.573. The van der Waals surface area contributed by atoms with Gasteiger partial charge in [0.15, 0.2) is 5.78 Å². The molecule has 2 aliphatic heterocycles. The Morgan fingerprint density at radius 2 is 1.78 bits per heavy atom. The maximum atomic E-state index is 14.1. The molecule has 0 spiro atoms. The molecule has 1 unspecified atom stereocenters. The Kier molecular flexibility index (Phi) is 8.39. The average Bonchev–Trinajstić information content (AvgIpc) is 3.35. The number of halogens is 6. The highest BCUT2D eigenvalue weighted by atomic mass is 32.2. The van der Waals surface area contributed by atoms with Crippen LogP contribution in [-0.2, 0) is 17.1 Å². The second kappa shape index (κ2) is 11.4. The lowest BCUT2D eigenvalue weighted by Gasteiger charge is -2.25. The molecule has 12 heteroatoms. The molecule has 37 heavy (non-hydrogen) atoms. The topological polar surface area (TPSA) is 53.6 Å². The fourth-order valence-electron chi connectivity index (χ4n) is 4.23. The molecule has 2 heterocycles. The summed E-state index contributed by atoms with van der Waals surface area (Å²) in [7, 11) is 0. The molecule has 2 aromatic carbocycles. The van der Waals surface area contributed by atoms with E-state index >= 15 is 0 Å². The van der Waals surface area contributed by atoms with Crippen molar-refractivity contribution in [1.29, 1.82) is 0 Å². The highest BCUT2D eigenvalue weighted by molar-refractivity contribution is 7.99. The summed E-state index contributed by atoms with van der Waals surface area (Å²) < 4.78 is 89.8. The van der Waals surface area contributed by atoms with E-state index in [0.717, 1.165) is 37.7 Å². The van der Waals surface area contributed by atoms with Crippen LogP contribution in [0.4, 0.5) is 32.0 Å². The molecule has 2 aromatic rings. The minimum Gasteiger partial charge on any atom is -0.381 e. The zero-order valence-electron chi connectivity index (χ0n) is 19.6. The fraction of sp³-hybridized carbons (Fsp3) is 0.400. The molecule has 200 valence electrons. The summed E-state index contributed by atoms with van der Waals surface area (Å²) in [5, 5.41) is 6.46. The van der Waals surface area contributed by atoms with Gasteiger partial charge in [-0.1, -0.05) is 17.8 Å². The summed E-state index contributed by atoms with van der Waals surface area (Å²) in [4.78, 5) is 14.0. The van der Waals surface area contributed by atoms with Gasteiger partial charge in [0.2, 0.25) is 0 Å². The number of nitrogens with one attached hydrogen (secondary N) is 2. The third-order valence-corrected chi connectivity index (χ3v) is 7.02. The number of ketones is 1. The van der Waals surface area contributed by atoms with E-state index in [1.54, 1.807) is 23.1 Å². The number of benzene rings is 2. The van der Waals surface area contributed by atoms with Crippen LogP contribution in [0.3, 0.4) is 0 Å². The largest absolute Gasteiger partial charge is 0.418 e. The number of hydrogen-bond donors (Lipinski definition) is 2. The van der Waals surface area contributed by atoms with E-state index in [1.807, 2.05) is 0 Å².